The van der Waals surface area contributed by atoms with Gasteiger partial charge in [0.25, 0.3) is 0 Å². The van der Waals surface area contributed by atoms with Crippen molar-refractivity contribution in [3.63, 3.8) is 0 Å². The van der Waals surface area contributed by atoms with Crippen LogP contribution < -0.4 is 11.1 Å². The maximum Gasteiger partial charge on any atom is 0.125 e. The molecule has 0 aliphatic rings. The van der Waals surface area contributed by atoms with E-state index in [0.717, 1.165) is 19.4 Å². The van der Waals surface area contributed by atoms with Crippen LogP contribution in [0.1, 0.15) is 12.0 Å². The van der Waals surface area contributed by atoms with E-state index in [0.29, 0.717) is 11.4 Å². The van der Waals surface area contributed by atoms with Crippen molar-refractivity contribution in [2.24, 2.45) is 0 Å². The fourth-order valence-electron chi connectivity index (χ4n) is 1.84. The Kier molecular flexibility index (Phi) is 4.18. The molecule has 0 aliphatic carbocycles. The summed E-state index contributed by atoms with van der Waals surface area (Å²) in [5, 5.41) is 3.16. The summed E-state index contributed by atoms with van der Waals surface area (Å²) in [7, 11) is 0. The van der Waals surface area contributed by atoms with Gasteiger partial charge in [-0.15, -0.1) is 0 Å². The molecule has 94 valence electrons. The van der Waals surface area contributed by atoms with Crippen LogP contribution in [0.3, 0.4) is 0 Å². The van der Waals surface area contributed by atoms with E-state index < -0.39 is 0 Å². The molecule has 0 radical (unpaired) electrons. The molecule has 0 saturated heterocycles. The van der Waals surface area contributed by atoms with Crippen LogP contribution in [0.25, 0.3) is 0 Å². The smallest absolute Gasteiger partial charge is 0.125 e. The summed E-state index contributed by atoms with van der Waals surface area (Å²) in [6, 6.07) is 14.7. The molecule has 2 nitrogen and oxygen atoms in total. The maximum atomic E-state index is 13.0. The zero-order valence-corrected chi connectivity index (χ0v) is 10.2. The first-order chi connectivity index (χ1) is 8.75. The SMILES string of the molecule is Nc1ccc(F)cc1NCCCc1ccccc1. The number of nitrogens with two attached hydrogens (primary N) is 1. The molecule has 0 amide bonds. The largest absolute Gasteiger partial charge is 0.397 e. The van der Waals surface area contributed by atoms with Crippen molar-refractivity contribution in [3.8, 4) is 0 Å². The first-order valence-electron chi connectivity index (χ1n) is 6.08. The molecule has 0 saturated carbocycles. The Labute approximate surface area is 107 Å². The summed E-state index contributed by atoms with van der Waals surface area (Å²) in [5.74, 6) is -0.269. The minimum Gasteiger partial charge on any atom is -0.397 e. The predicted octanol–water partition coefficient (Wildman–Crippen LogP) is 3.45. The van der Waals surface area contributed by atoms with Gasteiger partial charge in [0, 0.05) is 6.54 Å². The summed E-state index contributed by atoms with van der Waals surface area (Å²) in [4.78, 5) is 0. The Morgan fingerprint density at radius 2 is 1.83 bits per heavy atom. The Morgan fingerprint density at radius 3 is 2.61 bits per heavy atom. The number of hydrogen-bond acceptors (Lipinski definition) is 2. The number of nitrogens with one attached hydrogen (secondary N) is 1. The number of aryl methyl sites for hydroxylation is 1. The number of benzene rings is 2. The first-order valence-corrected chi connectivity index (χ1v) is 6.08. The van der Waals surface area contributed by atoms with Crippen molar-refractivity contribution >= 4 is 11.4 Å². The summed E-state index contributed by atoms with van der Waals surface area (Å²) in [5.41, 5.74) is 8.31. The van der Waals surface area contributed by atoms with Gasteiger partial charge in [0.15, 0.2) is 0 Å². The van der Waals surface area contributed by atoms with Gasteiger partial charge in [0.2, 0.25) is 0 Å². The van der Waals surface area contributed by atoms with Crippen LogP contribution in [0.2, 0.25) is 0 Å². The molecule has 3 heteroatoms. The van der Waals surface area contributed by atoms with E-state index in [1.54, 1.807) is 6.07 Å². The molecule has 0 heterocycles. The van der Waals surface area contributed by atoms with Crippen molar-refractivity contribution < 1.29 is 4.39 Å². The molecule has 0 spiro atoms. The number of rotatable bonds is 5. The molecule has 0 unspecified atom stereocenters. The van der Waals surface area contributed by atoms with Crippen LogP contribution in [0.4, 0.5) is 15.8 Å². The van der Waals surface area contributed by atoms with Crippen LogP contribution in [-0.4, -0.2) is 6.54 Å². The van der Waals surface area contributed by atoms with E-state index in [1.165, 1.54) is 17.7 Å². The van der Waals surface area contributed by atoms with Gasteiger partial charge < -0.3 is 11.1 Å². The van der Waals surface area contributed by atoms with E-state index >= 15 is 0 Å². The minimum absolute atomic E-state index is 0.269. The fraction of sp³-hybridized carbons (Fsp3) is 0.200. The summed E-state index contributed by atoms with van der Waals surface area (Å²) in [6.07, 6.45) is 1.99. The van der Waals surface area contributed by atoms with Gasteiger partial charge in [-0.1, -0.05) is 30.3 Å². The average molecular weight is 244 g/mol. The molecule has 2 rings (SSSR count). The van der Waals surface area contributed by atoms with Crippen LogP contribution in [0.15, 0.2) is 48.5 Å². The highest BCUT2D eigenvalue weighted by molar-refractivity contribution is 5.65. The highest BCUT2D eigenvalue weighted by atomic mass is 19.1. The number of hydrogen-bond donors (Lipinski definition) is 2. The van der Waals surface area contributed by atoms with Crippen LogP contribution >= 0.6 is 0 Å². The molecule has 2 aromatic rings. The van der Waals surface area contributed by atoms with E-state index in [1.807, 2.05) is 18.2 Å². The highest BCUT2D eigenvalue weighted by Gasteiger charge is 2.00. The van der Waals surface area contributed by atoms with E-state index in [4.69, 9.17) is 5.73 Å². The van der Waals surface area contributed by atoms with Crippen molar-refractivity contribution in [1.82, 2.24) is 0 Å². The Morgan fingerprint density at radius 1 is 1.06 bits per heavy atom. The topological polar surface area (TPSA) is 38.0 Å². The predicted molar refractivity (Wildman–Crippen MR) is 74.1 cm³/mol. The molecule has 0 bridgehead atoms. The lowest BCUT2D eigenvalue weighted by Gasteiger charge is -2.09. The van der Waals surface area contributed by atoms with Crippen molar-refractivity contribution in [2.75, 3.05) is 17.6 Å². The van der Waals surface area contributed by atoms with Crippen LogP contribution in [-0.2, 0) is 6.42 Å². The molecule has 0 aromatic heterocycles. The van der Waals surface area contributed by atoms with Gasteiger partial charge in [-0.05, 0) is 36.6 Å². The van der Waals surface area contributed by atoms with Gasteiger partial charge in [0.05, 0.1) is 11.4 Å². The lowest BCUT2D eigenvalue weighted by atomic mass is 10.1. The van der Waals surface area contributed by atoms with Gasteiger partial charge >= 0.3 is 0 Å². The third-order valence-corrected chi connectivity index (χ3v) is 2.82. The van der Waals surface area contributed by atoms with Crippen molar-refractivity contribution in [2.45, 2.75) is 12.8 Å². The number of anilines is 2. The second-order valence-electron chi connectivity index (χ2n) is 4.25. The summed E-state index contributed by atoms with van der Waals surface area (Å²) in [6.45, 7) is 0.780. The quantitative estimate of drug-likeness (QED) is 0.624. The molecule has 0 aliphatic heterocycles. The van der Waals surface area contributed by atoms with Gasteiger partial charge in [0.1, 0.15) is 5.82 Å². The van der Waals surface area contributed by atoms with Crippen molar-refractivity contribution in [1.29, 1.82) is 0 Å². The second kappa shape index (κ2) is 6.05. The normalized spacial score (nSPS) is 10.3. The van der Waals surface area contributed by atoms with Gasteiger partial charge in [-0.3, -0.25) is 0 Å². The zero-order valence-electron chi connectivity index (χ0n) is 10.2. The highest BCUT2D eigenvalue weighted by Crippen LogP contribution is 2.19. The standard InChI is InChI=1S/C15H17FN2/c16-13-8-9-14(17)15(11-13)18-10-4-7-12-5-2-1-3-6-12/h1-3,5-6,8-9,11,18H,4,7,10,17H2. The number of nitrogen functional groups attached to an aromatic ring is 1. The van der Waals surface area contributed by atoms with E-state index in [2.05, 4.69) is 17.4 Å². The Hall–Kier alpha value is -2.03. The van der Waals surface area contributed by atoms with Crippen molar-refractivity contribution in [3.05, 3.63) is 59.9 Å². The van der Waals surface area contributed by atoms with E-state index in [9.17, 15) is 4.39 Å². The average Bonchev–Trinajstić information content (AvgIpc) is 2.40. The second-order valence-corrected chi connectivity index (χ2v) is 4.25. The lowest BCUT2D eigenvalue weighted by Crippen LogP contribution is -2.05. The van der Waals surface area contributed by atoms with Crippen LogP contribution in [0, 0.1) is 5.82 Å². The third kappa shape index (κ3) is 3.48. The lowest BCUT2D eigenvalue weighted by molar-refractivity contribution is 0.628. The zero-order chi connectivity index (χ0) is 12.8. The fourth-order valence-corrected chi connectivity index (χ4v) is 1.84. The summed E-state index contributed by atoms with van der Waals surface area (Å²) >= 11 is 0. The molecule has 3 N–H and O–H groups in total. The van der Waals surface area contributed by atoms with Gasteiger partial charge in [-0.2, -0.15) is 0 Å². The summed E-state index contributed by atoms with van der Waals surface area (Å²) < 4.78 is 13.0. The van der Waals surface area contributed by atoms with Crippen LogP contribution in [0.5, 0.6) is 0 Å². The molecule has 0 fully saturated rings. The Balaban J connectivity index is 1.80. The maximum absolute atomic E-state index is 13.0. The molecular weight excluding hydrogens is 227 g/mol. The third-order valence-electron chi connectivity index (χ3n) is 2.82. The monoisotopic (exact) mass is 244 g/mol. The molecule has 2 aromatic carbocycles. The molecule has 18 heavy (non-hydrogen) atoms. The molecule has 0 atom stereocenters. The van der Waals surface area contributed by atoms with E-state index in [-0.39, 0.29) is 5.82 Å². The van der Waals surface area contributed by atoms with Gasteiger partial charge in [-0.25, -0.2) is 4.39 Å². The minimum atomic E-state index is -0.269. The first kappa shape index (κ1) is 12.4. The number of halogens is 1. The molecular formula is C15H17FN2. The Bertz CT molecular complexity index is 497.